The highest BCUT2D eigenvalue weighted by Crippen LogP contribution is 1.98. The maximum atomic E-state index is 11.8. The molecule has 0 spiro atoms. The molecule has 0 N–H and O–H groups in total. The average molecular weight is 225 g/mol. The Morgan fingerprint density at radius 3 is 2.62 bits per heavy atom. The first-order chi connectivity index (χ1) is 7.68. The molecule has 0 unspecified atom stereocenters. The smallest absolute Gasteiger partial charge is 0.328 e. The van der Waals surface area contributed by atoms with Crippen LogP contribution in [0.4, 0.5) is 0 Å². The van der Waals surface area contributed by atoms with Crippen LogP contribution in [-0.2, 0) is 23.1 Å². The van der Waals surface area contributed by atoms with Crippen molar-refractivity contribution in [3.05, 3.63) is 22.9 Å². The van der Waals surface area contributed by atoms with Gasteiger partial charge in [0, 0.05) is 32.5 Å². The van der Waals surface area contributed by atoms with E-state index in [1.807, 2.05) is 0 Å². The van der Waals surface area contributed by atoms with Crippen molar-refractivity contribution >= 4 is 5.91 Å². The maximum Gasteiger partial charge on any atom is 0.328 e. The van der Waals surface area contributed by atoms with Crippen LogP contribution < -0.4 is 5.69 Å². The third-order valence-electron chi connectivity index (χ3n) is 2.69. The first-order valence-electron chi connectivity index (χ1n) is 5.26. The van der Waals surface area contributed by atoms with Gasteiger partial charge < -0.3 is 14.2 Å². The third-order valence-corrected chi connectivity index (χ3v) is 2.69. The van der Waals surface area contributed by atoms with Gasteiger partial charge in [0.05, 0.1) is 13.2 Å². The molecule has 1 aromatic rings. The quantitative estimate of drug-likeness (QED) is 0.652. The summed E-state index contributed by atoms with van der Waals surface area (Å²) in [4.78, 5) is 25.1. The van der Waals surface area contributed by atoms with Crippen LogP contribution in [0.15, 0.2) is 17.2 Å². The van der Waals surface area contributed by atoms with E-state index < -0.39 is 0 Å². The molecule has 1 fully saturated rings. The molecule has 0 aromatic carbocycles. The molecule has 1 aromatic heterocycles. The van der Waals surface area contributed by atoms with Crippen molar-refractivity contribution in [3.63, 3.8) is 0 Å². The molecule has 88 valence electrons. The number of ether oxygens (including phenoxy) is 1. The number of carbonyl (C=O) groups excluding carboxylic acids is 1. The Balaban J connectivity index is 2.01. The molecule has 6 nitrogen and oxygen atoms in total. The fourth-order valence-electron chi connectivity index (χ4n) is 1.69. The van der Waals surface area contributed by atoms with E-state index in [4.69, 9.17) is 4.74 Å². The normalized spacial score (nSPS) is 16.4. The molecule has 2 heterocycles. The molecule has 0 bridgehead atoms. The molecule has 1 amide bonds. The topological polar surface area (TPSA) is 56.5 Å². The van der Waals surface area contributed by atoms with E-state index in [2.05, 4.69) is 0 Å². The zero-order chi connectivity index (χ0) is 11.5. The van der Waals surface area contributed by atoms with Crippen molar-refractivity contribution in [1.29, 1.82) is 0 Å². The number of imidazole rings is 1. The van der Waals surface area contributed by atoms with Gasteiger partial charge in [-0.1, -0.05) is 0 Å². The molecule has 2 rings (SSSR count). The van der Waals surface area contributed by atoms with Crippen LogP contribution in [0.1, 0.15) is 0 Å². The second-order valence-corrected chi connectivity index (χ2v) is 3.81. The van der Waals surface area contributed by atoms with Crippen LogP contribution in [-0.4, -0.2) is 46.2 Å². The summed E-state index contributed by atoms with van der Waals surface area (Å²) in [6, 6.07) is 0. The molecule has 1 saturated heterocycles. The van der Waals surface area contributed by atoms with Crippen LogP contribution in [0.3, 0.4) is 0 Å². The van der Waals surface area contributed by atoms with Gasteiger partial charge in [0.2, 0.25) is 5.91 Å². The van der Waals surface area contributed by atoms with Gasteiger partial charge >= 0.3 is 5.69 Å². The maximum absolute atomic E-state index is 11.8. The zero-order valence-corrected chi connectivity index (χ0v) is 9.26. The fourth-order valence-corrected chi connectivity index (χ4v) is 1.69. The number of amides is 1. The van der Waals surface area contributed by atoms with Crippen LogP contribution in [0.2, 0.25) is 0 Å². The number of aryl methyl sites for hydroxylation is 1. The highest BCUT2D eigenvalue weighted by atomic mass is 16.5. The van der Waals surface area contributed by atoms with Gasteiger partial charge in [-0.25, -0.2) is 4.79 Å². The predicted molar refractivity (Wildman–Crippen MR) is 57.1 cm³/mol. The Hall–Kier alpha value is -1.56. The van der Waals surface area contributed by atoms with Gasteiger partial charge in [0.15, 0.2) is 0 Å². The SMILES string of the molecule is Cn1ccn(CC(=O)N2CCOCC2)c1=O. The minimum Gasteiger partial charge on any atom is -0.378 e. The lowest BCUT2D eigenvalue weighted by atomic mass is 10.4. The Kier molecular flexibility index (Phi) is 3.09. The van der Waals surface area contributed by atoms with Gasteiger partial charge in [0.25, 0.3) is 0 Å². The molecule has 6 heteroatoms. The van der Waals surface area contributed by atoms with Crippen LogP contribution in [0.5, 0.6) is 0 Å². The molecule has 0 atom stereocenters. The Bertz CT molecular complexity index is 429. The summed E-state index contributed by atoms with van der Waals surface area (Å²) >= 11 is 0. The first-order valence-corrected chi connectivity index (χ1v) is 5.26. The van der Waals surface area contributed by atoms with E-state index in [9.17, 15) is 9.59 Å². The van der Waals surface area contributed by atoms with Crippen LogP contribution in [0.25, 0.3) is 0 Å². The lowest BCUT2D eigenvalue weighted by Gasteiger charge is -2.26. The second kappa shape index (κ2) is 4.52. The molecule has 0 saturated carbocycles. The summed E-state index contributed by atoms with van der Waals surface area (Å²) in [6.07, 6.45) is 3.27. The lowest BCUT2D eigenvalue weighted by Crippen LogP contribution is -2.43. The largest absolute Gasteiger partial charge is 0.378 e. The van der Waals surface area contributed by atoms with Gasteiger partial charge in [-0.15, -0.1) is 0 Å². The van der Waals surface area contributed by atoms with Crippen molar-refractivity contribution in [2.45, 2.75) is 6.54 Å². The summed E-state index contributed by atoms with van der Waals surface area (Å²) in [6.45, 7) is 2.49. The highest BCUT2D eigenvalue weighted by molar-refractivity contribution is 5.76. The van der Waals surface area contributed by atoms with Crippen molar-refractivity contribution in [2.75, 3.05) is 26.3 Å². The van der Waals surface area contributed by atoms with E-state index in [0.717, 1.165) is 0 Å². The molecular weight excluding hydrogens is 210 g/mol. The van der Waals surface area contributed by atoms with E-state index in [-0.39, 0.29) is 18.1 Å². The van der Waals surface area contributed by atoms with Crippen LogP contribution in [0, 0.1) is 0 Å². The second-order valence-electron chi connectivity index (χ2n) is 3.81. The molecule has 1 aliphatic heterocycles. The molecule has 0 radical (unpaired) electrons. The fraction of sp³-hybridized carbons (Fsp3) is 0.600. The molecule has 0 aliphatic carbocycles. The Labute approximate surface area is 93.0 Å². The lowest BCUT2D eigenvalue weighted by molar-refractivity contribution is -0.135. The van der Waals surface area contributed by atoms with E-state index >= 15 is 0 Å². The van der Waals surface area contributed by atoms with E-state index in [1.165, 1.54) is 9.13 Å². The summed E-state index contributed by atoms with van der Waals surface area (Å²) in [5, 5.41) is 0. The number of hydrogen-bond acceptors (Lipinski definition) is 3. The number of aromatic nitrogens is 2. The van der Waals surface area contributed by atoms with Crippen molar-refractivity contribution in [1.82, 2.24) is 14.0 Å². The van der Waals surface area contributed by atoms with Crippen molar-refractivity contribution in [3.8, 4) is 0 Å². The van der Waals surface area contributed by atoms with Crippen molar-refractivity contribution in [2.24, 2.45) is 7.05 Å². The highest BCUT2D eigenvalue weighted by Gasteiger charge is 2.17. The summed E-state index contributed by atoms with van der Waals surface area (Å²) in [5.41, 5.74) is -0.165. The first kappa shape index (κ1) is 10.9. The molecule has 16 heavy (non-hydrogen) atoms. The van der Waals surface area contributed by atoms with Gasteiger partial charge in [-0.3, -0.25) is 9.36 Å². The van der Waals surface area contributed by atoms with Gasteiger partial charge in [-0.2, -0.15) is 0 Å². The predicted octanol–water partition coefficient (Wildman–Crippen LogP) is -0.954. The minimum atomic E-state index is -0.165. The number of hydrogen-bond donors (Lipinski definition) is 0. The number of morpholine rings is 1. The zero-order valence-electron chi connectivity index (χ0n) is 9.26. The minimum absolute atomic E-state index is 0.0309. The summed E-state index contributed by atoms with van der Waals surface area (Å²) < 4.78 is 8.03. The number of carbonyl (C=O) groups is 1. The standard InChI is InChI=1S/C10H15N3O3/c1-11-2-3-13(10(11)15)8-9(14)12-4-6-16-7-5-12/h2-3H,4-8H2,1H3. The average Bonchev–Trinajstić information content (AvgIpc) is 2.62. The van der Waals surface area contributed by atoms with Crippen molar-refractivity contribution < 1.29 is 9.53 Å². The molecule has 1 aliphatic rings. The molecular formula is C10H15N3O3. The third kappa shape index (κ3) is 2.16. The Morgan fingerprint density at radius 1 is 1.38 bits per heavy atom. The van der Waals surface area contributed by atoms with E-state index in [0.29, 0.717) is 26.3 Å². The summed E-state index contributed by atoms with van der Waals surface area (Å²) in [5.74, 6) is -0.0309. The summed E-state index contributed by atoms with van der Waals surface area (Å²) in [7, 11) is 1.66. The Morgan fingerprint density at radius 2 is 2.06 bits per heavy atom. The number of rotatable bonds is 2. The van der Waals surface area contributed by atoms with E-state index in [1.54, 1.807) is 24.3 Å². The van der Waals surface area contributed by atoms with Gasteiger partial charge in [-0.05, 0) is 0 Å². The number of nitrogens with zero attached hydrogens (tertiary/aromatic N) is 3. The van der Waals surface area contributed by atoms with Crippen LogP contribution >= 0.6 is 0 Å². The van der Waals surface area contributed by atoms with Gasteiger partial charge in [0.1, 0.15) is 6.54 Å². The monoisotopic (exact) mass is 225 g/mol.